The Hall–Kier alpha value is -2.98. The lowest BCUT2D eigenvalue weighted by Crippen LogP contribution is -2.16. The van der Waals surface area contributed by atoms with Crippen LogP contribution >= 0.6 is 23.1 Å². The molecule has 0 saturated heterocycles. The van der Waals surface area contributed by atoms with Crippen LogP contribution in [0.1, 0.15) is 34.6 Å². The maximum Gasteiger partial charge on any atom is 0.336 e. The van der Waals surface area contributed by atoms with Crippen molar-refractivity contribution in [3.05, 3.63) is 57.6 Å². The van der Waals surface area contributed by atoms with E-state index in [-0.39, 0.29) is 5.56 Å². The summed E-state index contributed by atoms with van der Waals surface area (Å²) in [5.74, 6) is -2.07. The van der Waals surface area contributed by atoms with E-state index in [0.717, 1.165) is 32.8 Å². The van der Waals surface area contributed by atoms with E-state index in [1.165, 1.54) is 11.3 Å². The normalized spacial score (nSPS) is 11.0. The third kappa shape index (κ3) is 4.29. The zero-order valence-corrected chi connectivity index (χ0v) is 16.5. The molecule has 0 aliphatic rings. The molecule has 0 spiro atoms. The number of non-ortho nitro benzene ring substituents is 1. The lowest BCUT2D eigenvalue weighted by Gasteiger charge is -2.08. The van der Waals surface area contributed by atoms with Gasteiger partial charge in [0, 0.05) is 23.1 Å². The minimum absolute atomic E-state index is 0.154. The van der Waals surface area contributed by atoms with Crippen molar-refractivity contribution in [1.82, 2.24) is 4.98 Å². The summed E-state index contributed by atoms with van der Waals surface area (Å²) < 4.78 is 1.82. The van der Waals surface area contributed by atoms with Crippen LogP contribution in [0.5, 0.6) is 0 Å². The predicted molar refractivity (Wildman–Crippen MR) is 109 cm³/mol. The van der Waals surface area contributed by atoms with Gasteiger partial charge in [-0.05, 0) is 24.3 Å². The molecular formula is C18H15N3O5S2. The molecule has 2 N–H and O–H groups in total. The van der Waals surface area contributed by atoms with Crippen LogP contribution in [0.4, 0.5) is 11.4 Å². The monoisotopic (exact) mass is 417 g/mol. The van der Waals surface area contributed by atoms with Crippen molar-refractivity contribution >= 4 is 56.6 Å². The second-order valence-corrected chi connectivity index (χ2v) is 8.93. The van der Waals surface area contributed by atoms with E-state index >= 15 is 0 Å². The number of thioether (sulfide) groups is 1. The smallest absolute Gasteiger partial charge is 0.336 e. The molecule has 0 aliphatic heterocycles. The van der Waals surface area contributed by atoms with E-state index in [0.29, 0.717) is 10.9 Å². The molecule has 3 rings (SSSR count). The summed E-state index contributed by atoms with van der Waals surface area (Å²) in [6.07, 6.45) is 0. The maximum absolute atomic E-state index is 12.5. The van der Waals surface area contributed by atoms with Crippen LogP contribution in [-0.2, 0) is 0 Å². The average molecular weight is 417 g/mol. The van der Waals surface area contributed by atoms with Gasteiger partial charge in [0.2, 0.25) is 0 Å². The highest BCUT2D eigenvalue weighted by Crippen LogP contribution is 2.33. The number of carboxylic acids is 1. The second-order valence-electron chi connectivity index (χ2n) is 6.08. The predicted octanol–water partition coefficient (Wildman–Crippen LogP) is 4.66. The Bertz CT molecular complexity index is 1090. The number of nitrogens with one attached hydrogen (secondary N) is 1. The minimum atomic E-state index is -1.41. The summed E-state index contributed by atoms with van der Waals surface area (Å²) in [7, 11) is 0. The highest BCUT2D eigenvalue weighted by atomic mass is 32.2. The third-order valence-electron chi connectivity index (χ3n) is 3.65. The van der Waals surface area contributed by atoms with Gasteiger partial charge in [0.05, 0.1) is 26.3 Å². The zero-order valence-electron chi connectivity index (χ0n) is 14.8. The fourth-order valence-corrected chi connectivity index (χ4v) is 4.78. The van der Waals surface area contributed by atoms with Crippen LogP contribution in [-0.4, -0.2) is 32.1 Å². The van der Waals surface area contributed by atoms with Gasteiger partial charge in [-0.25, -0.2) is 9.78 Å². The zero-order chi connectivity index (χ0) is 20.4. The summed E-state index contributed by atoms with van der Waals surface area (Å²) in [6, 6.07) is 8.33. The van der Waals surface area contributed by atoms with Crippen molar-refractivity contribution in [3.63, 3.8) is 0 Å². The Balaban J connectivity index is 1.88. The van der Waals surface area contributed by atoms with Gasteiger partial charge in [0.1, 0.15) is 0 Å². The molecule has 3 aromatic rings. The fraction of sp³-hybridized carbons (Fsp3) is 0.167. The fourth-order valence-electron chi connectivity index (χ4n) is 2.45. The first-order valence-corrected chi connectivity index (χ1v) is 9.84. The van der Waals surface area contributed by atoms with E-state index in [1.54, 1.807) is 30.0 Å². The Morgan fingerprint density at radius 2 is 1.96 bits per heavy atom. The van der Waals surface area contributed by atoms with Gasteiger partial charge in [0.15, 0.2) is 4.34 Å². The van der Waals surface area contributed by atoms with Gasteiger partial charge in [-0.2, -0.15) is 0 Å². The van der Waals surface area contributed by atoms with Crippen molar-refractivity contribution in [3.8, 4) is 0 Å². The molecule has 8 nitrogen and oxygen atoms in total. The van der Waals surface area contributed by atoms with Gasteiger partial charge in [-0.15, -0.1) is 11.3 Å². The van der Waals surface area contributed by atoms with E-state index in [1.807, 2.05) is 0 Å². The van der Waals surface area contributed by atoms with Gasteiger partial charge in [0.25, 0.3) is 11.6 Å². The number of benzene rings is 2. The first-order chi connectivity index (χ1) is 13.2. The molecule has 28 heavy (non-hydrogen) atoms. The molecule has 0 radical (unpaired) electrons. The number of hydrogen-bond acceptors (Lipinski definition) is 7. The molecule has 1 heterocycles. The number of nitro benzene ring substituents is 1. The number of aromatic nitrogens is 1. The Morgan fingerprint density at radius 1 is 1.21 bits per heavy atom. The van der Waals surface area contributed by atoms with E-state index in [4.69, 9.17) is 0 Å². The molecular weight excluding hydrogens is 402 g/mol. The number of carbonyl (C=O) groups excluding carboxylic acids is 1. The van der Waals surface area contributed by atoms with Crippen molar-refractivity contribution in [1.29, 1.82) is 0 Å². The number of nitro groups is 1. The van der Waals surface area contributed by atoms with E-state index in [2.05, 4.69) is 24.1 Å². The van der Waals surface area contributed by atoms with Crippen molar-refractivity contribution in [2.75, 3.05) is 5.32 Å². The minimum Gasteiger partial charge on any atom is -0.478 e. The van der Waals surface area contributed by atoms with Crippen molar-refractivity contribution in [2.24, 2.45) is 0 Å². The number of aromatic carboxylic acids is 1. The van der Waals surface area contributed by atoms with Gasteiger partial charge in [-0.1, -0.05) is 25.6 Å². The summed E-state index contributed by atoms with van der Waals surface area (Å²) in [4.78, 5) is 38.6. The van der Waals surface area contributed by atoms with Gasteiger partial charge in [-0.3, -0.25) is 14.9 Å². The lowest BCUT2D eigenvalue weighted by atomic mass is 10.1. The van der Waals surface area contributed by atoms with Crippen LogP contribution < -0.4 is 5.32 Å². The third-order valence-corrected chi connectivity index (χ3v) is 5.77. The number of fused-ring (bicyclic) bond motifs is 1. The van der Waals surface area contributed by atoms with Crippen LogP contribution in [0.2, 0.25) is 0 Å². The molecule has 0 bridgehead atoms. The molecule has 0 fully saturated rings. The number of anilines is 1. The highest BCUT2D eigenvalue weighted by Gasteiger charge is 2.21. The van der Waals surface area contributed by atoms with Crippen LogP contribution in [0.25, 0.3) is 10.2 Å². The highest BCUT2D eigenvalue weighted by molar-refractivity contribution is 8.01. The van der Waals surface area contributed by atoms with Gasteiger partial charge >= 0.3 is 5.97 Å². The number of nitrogens with zero attached hydrogens (tertiary/aromatic N) is 2. The quantitative estimate of drug-likeness (QED) is 0.340. The van der Waals surface area contributed by atoms with Crippen LogP contribution in [0.3, 0.4) is 0 Å². The lowest BCUT2D eigenvalue weighted by molar-refractivity contribution is -0.384. The number of amides is 1. The average Bonchev–Trinajstić information content (AvgIpc) is 3.01. The summed E-state index contributed by atoms with van der Waals surface area (Å²) in [6.45, 7) is 4.15. The number of rotatable bonds is 6. The molecule has 1 amide bonds. The molecule has 0 aliphatic carbocycles. The largest absolute Gasteiger partial charge is 0.478 e. The Morgan fingerprint density at radius 3 is 2.61 bits per heavy atom. The first-order valence-electron chi connectivity index (χ1n) is 8.15. The molecule has 10 heteroatoms. The van der Waals surface area contributed by atoms with Gasteiger partial charge < -0.3 is 10.4 Å². The number of thiazole rings is 1. The molecule has 0 unspecified atom stereocenters. The van der Waals surface area contributed by atoms with E-state index in [9.17, 15) is 24.8 Å². The number of carbonyl (C=O) groups is 2. The standard InChI is InChI=1S/C18H15N3O5S2/c1-9(2)27-18-20-14-6-3-10(7-15(14)28-18)19-16(22)12-5-4-11(21(25)26)8-13(12)17(23)24/h3-9H,1-2H3,(H,19,22)(H,23,24). The summed E-state index contributed by atoms with van der Waals surface area (Å²) in [5, 5.41) is 23.2. The molecule has 0 atom stereocenters. The molecule has 1 aromatic heterocycles. The van der Waals surface area contributed by atoms with E-state index < -0.39 is 28.1 Å². The Labute approximate surface area is 167 Å². The molecule has 0 saturated carbocycles. The Kier molecular flexibility index (Phi) is 5.61. The second kappa shape index (κ2) is 7.95. The van der Waals surface area contributed by atoms with Crippen LogP contribution in [0, 0.1) is 10.1 Å². The molecule has 144 valence electrons. The summed E-state index contributed by atoms with van der Waals surface area (Å²) in [5.41, 5.74) is 0.319. The van der Waals surface area contributed by atoms with Crippen LogP contribution in [0.15, 0.2) is 40.7 Å². The number of hydrogen-bond donors (Lipinski definition) is 2. The number of carboxylic acid groups (broad SMARTS) is 1. The van der Waals surface area contributed by atoms with Crippen molar-refractivity contribution < 1.29 is 19.6 Å². The SMILES string of the molecule is CC(C)Sc1nc2ccc(NC(=O)c3ccc([N+](=O)[O-])cc3C(=O)O)cc2s1. The maximum atomic E-state index is 12.5. The molecule has 2 aromatic carbocycles. The topological polar surface area (TPSA) is 122 Å². The van der Waals surface area contributed by atoms with Crippen molar-refractivity contribution in [2.45, 2.75) is 23.4 Å². The summed E-state index contributed by atoms with van der Waals surface area (Å²) >= 11 is 3.16. The first kappa shape index (κ1) is 19.8.